The predicted octanol–water partition coefficient (Wildman–Crippen LogP) is 0.345. The molecule has 0 bridgehead atoms. The molecule has 0 aliphatic heterocycles. The highest BCUT2D eigenvalue weighted by atomic mass is 16.2. The van der Waals surface area contributed by atoms with E-state index in [1.165, 1.54) is 0 Å². The first-order valence-electron chi connectivity index (χ1n) is 6.03. The van der Waals surface area contributed by atoms with Gasteiger partial charge in [-0.25, -0.2) is 0 Å². The number of aromatic nitrogens is 1. The zero-order valence-electron chi connectivity index (χ0n) is 11.0. The van der Waals surface area contributed by atoms with Gasteiger partial charge in [0.05, 0.1) is 5.69 Å². The molecular weight excluding hydrogens is 232 g/mol. The van der Waals surface area contributed by atoms with Crippen molar-refractivity contribution >= 4 is 17.5 Å². The van der Waals surface area contributed by atoms with Crippen molar-refractivity contribution in [2.24, 2.45) is 0 Å². The molecule has 6 nitrogen and oxygen atoms in total. The molecule has 0 radical (unpaired) electrons. The van der Waals surface area contributed by atoms with Gasteiger partial charge >= 0.3 is 0 Å². The number of rotatable bonds is 5. The molecule has 1 aromatic heterocycles. The van der Waals surface area contributed by atoms with Gasteiger partial charge < -0.3 is 20.9 Å². The Kier molecular flexibility index (Phi) is 4.76. The average molecular weight is 252 g/mol. The van der Waals surface area contributed by atoms with Crippen LogP contribution in [0.2, 0.25) is 0 Å². The van der Waals surface area contributed by atoms with Crippen LogP contribution in [0, 0.1) is 0 Å². The van der Waals surface area contributed by atoms with E-state index in [0.717, 1.165) is 0 Å². The fraction of sp³-hybridized carbons (Fsp3) is 0.500. The minimum atomic E-state index is -0.570. The summed E-state index contributed by atoms with van der Waals surface area (Å²) in [6.45, 7) is 6.58. The van der Waals surface area contributed by atoms with Gasteiger partial charge in [-0.2, -0.15) is 0 Å². The molecular formula is C12H20N4O2. The molecule has 100 valence electrons. The van der Waals surface area contributed by atoms with E-state index >= 15 is 0 Å². The minimum Gasteiger partial charge on any atom is -0.397 e. The number of likely N-dealkylation sites (N-methyl/N-ethyl adjacent to an activating group) is 1. The van der Waals surface area contributed by atoms with Gasteiger partial charge in [0.15, 0.2) is 0 Å². The predicted molar refractivity (Wildman–Crippen MR) is 70.1 cm³/mol. The number of hydrogen-bond donors (Lipinski definition) is 3. The summed E-state index contributed by atoms with van der Waals surface area (Å²) in [6, 6.07) is 1.03. The van der Waals surface area contributed by atoms with Crippen LogP contribution in [-0.4, -0.2) is 29.0 Å². The average Bonchev–Trinajstić information content (AvgIpc) is 2.70. The number of anilines is 1. The minimum absolute atomic E-state index is 0.201. The number of carbonyl (C=O) groups excluding carboxylic acids is 2. The Morgan fingerprint density at radius 2 is 2.11 bits per heavy atom. The highest BCUT2D eigenvalue weighted by Crippen LogP contribution is 2.10. The molecule has 0 aliphatic rings. The van der Waals surface area contributed by atoms with Gasteiger partial charge in [0.25, 0.3) is 5.91 Å². The van der Waals surface area contributed by atoms with E-state index in [-0.39, 0.29) is 11.8 Å². The molecule has 0 aliphatic carbocycles. The lowest BCUT2D eigenvalue weighted by Crippen LogP contribution is -2.45. The van der Waals surface area contributed by atoms with Crippen molar-refractivity contribution < 1.29 is 9.59 Å². The van der Waals surface area contributed by atoms with Crippen LogP contribution in [0.1, 0.15) is 31.3 Å². The normalized spacial score (nSPS) is 11.9. The maximum absolute atomic E-state index is 12.0. The lowest BCUT2D eigenvalue weighted by atomic mass is 10.3. The first-order chi connectivity index (χ1) is 8.49. The number of nitrogens with two attached hydrogens (primary N) is 1. The topological polar surface area (TPSA) is 89.2 Å². The van der Waals surface area contributed by atoms with Crippen molar-refractivity contribution in [1.29, 1.82) is 0 Å². The zero-order chi connectivity index (χ0) is 13.7. The van der Waals surface area contributed by atoms with Crippen LogP contribution in [0.15, 0.2) is 12.3 Å². The fourth-order valence-corrected chi connectivity index (χ4v) is 1.65. The molecule has 1 aromatic rings. The molecule has 0 aromatic carbocycles. The van der Waals surface area contributed by atoms with Crippen molar-refractivity contribution in [1.82, 2.24) is 15.2 Å². The van der Waals surface area contributed by atoms with E-state index in [1.807, 2.05) is 13.8 Å². The largest absolute Gasteiger partial charge is 0.397 e. The van der Waals surface area contributed by atoms with Crippen molar-refractivity contribution in [3.05, 3.63) is 18.0 Å². The number of amides is 2. The smallest absolute Gasteiger partial charge is 0.268 e. The van der Waals surface area contributed by atoms with Gasteiger partial charge in [-0.1, -0.05) is 0 Å². The molecule has 0 saturated carbocycles. The van der Waals surface area contributed by atoms with Crippen LogP contribution in [0.5, 0.6) is 0 Å². The van der Waals surface area contributed by atoms with Crippen molar-refractivity contribution in [3.8, 4) is 0 Å². The van der Waals surface area contributed by atoms with Crippen LogP contribution in [0.25, 0.3) is 0 Å². The highest BCUT2D eigenvalue weighted by molar-refractivity contribution is 5.97. The second kappa shape index (κ2) is 6.09. The first kappa shape index (κ1) is 14.1. The van der Waals surface area contributed by atoms with E-state index in [0.29, 0.717) is 24.5 Å². The Hall–Kier alpha value is -1.98. The van der Waals surface area contributed by atoms with Crippen LogP contribution < -0.4 is 16.4 Å². The lowest BCUT2D eigenvalue weighted by Gasteiger charge is -2.14. The third kappa shape index (κ3) is 3.26. The van der Waals surface area contributed by atoms with E-state index in [9.17, 15) is 9.59 Å². The maximum Gasteiger partial charge on any atom is 0.268 e. The summed E-state index contributed by atoms with van der Waals surface area (Å²) < 4.78 is 1.75. The maximum atomic E-state index is 12.0. The van der Waals surface area contributed by atoms with Gasteiger partial charge in [-0.3, -0.25) is 9.59 Å². The number of aryl methyl sites for hydroxylation is 1. The summed E-state index contributed by atoms with van der Waals surface area (Å²) in [5, 5.41) is 5.29. The molecule has 1 rings (SSSR count). The highest BCUT2D eigenvalue weighted by Gasteiger charge is 2.18. The van der Waals surface area contributed by atoms with Crippen LogP contribution in [0.3, 0.4) is 0 Å². The third-order valence-corrected chi connectivity index (χ3v) is 2.58. The molecule has 0 saturated heterocycles. The third-order valence-electron chi connectivity index (χ3n) is 2.58. The quantitative estimate of drug-likeness (QED) is 0.706. The van der Waals surface area contributed by atoms with Gasteiger partial charge in [0, 0.05) is 19.3 Å². The Labute approximate surface area is 107 Å². The molecule has 0 spiro atoms. The van der Waals surface area contributed by atoms with Gasteiger partial charge in [-0.15, -0.1) is 0 Å². The standard InChI is InChI=1S/C12H20N4O2/c1-4-14-11(17)8(3)15-12(18)10-6-9(13)7-16(10)5-2/h6-8H,4-5,13H2,1-3H3,(H,14,17)(H,15,18). The Balaban J connectivity index is 2.73. The molecule has 2 amide bonds. The summed E-state index contributed by atoms with van der Waals surface area (Å²) in [5.41, 5.74) is 6.65. The van der Waals surface area contributed by atoms with Crippen molar-refractivity contribution in [2.45, 2.75) is 33.4 Å². The first-order valence-corrected chi connectivity index (χ1v) is 6.03. The number of nitrogen functional groups attached to an aromatic ring is 1. The molecule has 4 N–H and O–H groups in total. The molecule has 1 atom stereocenters. The second-order valence-corrected chi connectivity index (χ2v) is 4.03. The van der Waals surface area contributed by atoms with Gasteiger partial charge in [0.2, 0.25) is 5.91 Å². The molecule has 1 heterocycles. The number of nitrogens with one attached hydrogen (secondary N) is 2. The zero-order valence-corrected chi connectivity index (χ0v) is 11.0. The number of nitrogens with zero attached hydrogens (tertiary/aromatic N) is 1. The van der Waals surface area contributed by atoms with Crippen LogP contribution in [0.4, 0.5) is 5.69 Å². The second-order valence-electron chi connectivity index (χ2n) is 4.03. The summed E-state index contributed by atoms with van der Waals surface area (Å²) >= 11 is 0. The van der Waals surface area contributed by atoms with E-state index in [4.69, 9.17) is 5.73 Å². The SMILES string of the molecule is CCNC(=O)C(C)NC(=O)c1cc(N)cn1CC. The molecule has 1 unspecified atom stereocenters. The van der Waals surface area contributed by atoms with Crippen LogP contribution in [-0.2, 0) is 11.3 Å². The fourth-order valence-electron chi connectivity index (χ4n) is 1.65. The summed E-state index contributed by atoms with van der Waals surface area (Å²) in [5.74, 6) is -0.499. The van der Waals surface area contributed by atoms with Gasteiger partial charge in [0.1, 0.15) is 11.7 Å². The monoisotopic (exact) mass is 252 g/mol. The van der Waals surface area contributed by atoms with Crippen molar-refractivity contribution in [2.75, 3.05) is 12.3 Å². The number of hydrogen-bond acceptors (Lipinski definition) is 3. The van der Waals surface area contributed by atoms with E-state index in [1.54, 1.807) is 23.8 Å². The molecule has 6 heteroatoms. The Morgan fingerprint density at radius 3 is 2.67 bits per heavy atom. The van der Waals surface area contributed by atoms with Gasteiger partial charge in [-0.05, 0) is 26.8 Å². The lowest BCUT2D eigenvalue weighted by molar-refractivity contribution is -0.122. The summed E-state index contributed by atoms with van der Waals surface area (Å²) in [6.07, 6.45) is 1.70. The van der Waals surface area contributed by atoms with E-state index < -0.39 is 6.04 Å². The van der Waals surface area contributed by atoms with E-state index in [2.05, 4.69) is 10.6 Å². The Morgan fingerprint density at radius 1 is 1.44 bits per heavy atom. The van der Waals surface area contributed by atoms with Crippen molar-refractivity contribution in [3.63, 3.8) is 0 Å². The Bertz CT molecular complexity index is 439. The molecule has 0 fully saturated rings. The summed E-state index contributed by atoms with van der Waals surface area (Å²) in [7, 11) is 0. The molecule has 18 heavy (non-hydrogen) atoms. The summed E-state index contributed by atoms with van der Waals surface area (Å²) in [4.78, 5) is 23.5. The van der Waals surface area contributed by atoms with Crippen LogP contribution >= 0.6 is 0 Å². The number of carbonyl (C=O) groups is 2.